The van der Waals surface area contributed by atoms with Gasteiger partial charge in [0.25, 0.3) is 0 Å². The van der Waals surface area contributed by atoms with Gasteiger partial charge in [0.1, 0.15) is 5.82 Å². The Hall–Kier alpha value is -0.370. The van der Waals surface area contributed by atoms with Crippen molar-refractivity contribution < 1.29 is 0 Å². The summed E-state index contributed by atoms with van der Waals surface area (Å²) < 4.78 is 3.20. The van der Waals surface area contributed by atoms with Crippen LogP contribution in [0.2, 0.25) is 0 Å². The lowest BCUT2D eigenvalue weighted by Crippen LogP contribution is -2.07. The Morgan fingerprint density at radius 2 is 2.35 bits per heavy atom. The highest BCUT2D eigenvalue weighted by Crippen LogP contribution is 2.27. The minimum absolute atomic E-state index is 0.436. The van der Waals surface area contributed by atoms with E-state index in [0.29, 0.717) is 6.54 Å². The maximum Gasteiger partial charge on any atom is 0.191 e. The van der Waals surface area contributed by atoms with E-state index in [1.54, 1.807) is 23.1 Å². The predicted octanol–water partition coefficient (Wildman–Crippen LogP) is 2.87. The van der Waals surface area contributed by atoms with Crippen molar-refractivity contribution in [3.8, 4) is 0 Å². The van der Waals surface area contributed by atoms with Crippen molar-refractivity contribution in [2.45, 2.75) is 30.9 Å². The molecule has 0 fully saturated rings. The van der Waals surface area contributed by atoms with Crippen LogP contribution in [0.1, 0.15) is 17.6 Å². The Morgan fingerprint density at radius 3 is 2.94 bits per heavy atom. The zero-order chi connectivity index (χ0) is 12.3. The molecule has 0 bridgehead atoms. The van der Waals surface area contributed by atoms with Gasteiger partial charge in [0, 0.05) is 27.0 Å². The first kappa shape index (κ1) is 13.1. The Kier molecular flexibility index (Phi) is 4.61. The number of thioether (sulfide) groups is 1. The van der Waals surface area contributed by atoms with Gasteiger partial charge < -0.3 is 10.3 Å². The third kappa shape index (κ3) is 3.09. The van der Waals surface area contributed by atoms with Crippen LogP contribution in [0.3, 0.4) is 0 Å². The molecule has 92 valence electrons. The fourth-order valence-electron chi connectivity index (χ4n) is 1.46. The van der Waals surface area contributed by atoms with Gasteiger partial charge in [-0.1, -0.05) is 11.8 Å². The molecule has 2 heterocycles. The van der Waals surface area contributed by atoms with Crippen molar-refractivity contribution in [1.29, 1.82) is 0 Å². The minimum Gasteiger partial charge on any atom is -0.324 e. The largest absolute Gasteiger partial charge is 0.324 e. The van der Waals surface area contributed by atoms with E-state index in [9.17, 15) is 0 Å². The molecule has 4 nitrogen and oxygen atoms in total. The SMILES string of the molecule is CCn1c(CN)nnc1SCc1cc(Br)cs1. The second-order valence-electron chi connectivity index (χ2n) is 3.37. The van der Waals surface area contributed by atoms with E-state index in [1.165, 1.54) is 4.88 Å². The lowest BCUT2D eigenvalue weighted by Gasteiger charge is -2.04. The molecule has 2 aromatic rings. The highest BCUT2D eigenvalue weighted by molar-refractivity contribution is 9.10. The standard InChI is InChI=1S/C10H13BrN4S2/c1-2-15-9(4-12)13-14-10(15)17-6-8-3-7(11)5-16-8/h3,5H,2,4,6,12H2,1H3. The summed E-state index contributed by atoms with van der Waals surface area (Å²) in [5, 5.41) is 11.3. The quantitative estimate of drug-likeness (QED) is 0.855. The normalized spacial score (nSPS) is 11.0. The number of hydrogen-bond donors (Lipinski definition) is 1. The summed E-state index contributed by atoms with van der Waals surface area (Å²) in [6.07, 6.45) is 0. The minimum atomic E-state index is 0.436. The molecule has 0 atom stereocenters. The molecular weight excluding hydrogens is 320 g/mol. The molecular formula is C10H13BrN4S2. The molecule has 2 N–H and O–H groups in total. The fraction of sp³-hybridized carbons (Fsp3) is 0.400. The van der Waals surface area contributed by atoms with E-state index in [4.69, 9.17) is 5.73 Å². The van der Waals surface area contributed by atoms with Crippen LogP contribution < -0.4 is 5.73 Å². The lowest BCUT2D eigenvalue weighted by atomic mass is 10.5. The highest BCUT2D eigenvalue weighted by Gasteiger charge is 2.10. The molecule has 0 aliphatic carbocycles. The maximum absolute atomic E-state index is 5.61. The van der Waals surface area contributed by atoms with Crippen LogP contribution in [0.25, 0.3) is 0 Å². The van der Waals surface area contributed by atoms with Gasteiger partial charge in [-0.2, -0.15) is 0 Å². The van der Waals surface area contributed by atoms with Crippen LogP contribution in [-0.2, 0) is 18.8 Å². The third-order valence-corrected chi connectivity index (χ3v) is 5.15. The monoisotopic (exact) mass is 332 g/mol. The number of rotatable bonds is 5. The average molecular weight is 333 g/mol. The molecule has 2 rings (SSSR count). The van der Waals surface area contributed by atoms with E-state index < -0.39 is 0 Å². The second-order valence-corrected chi connectivity index (χ2v) is 6.22. The zero-order valence-corrected chi connectivity index (χ0v) is 12.6. The number of halogens is 1. The molecule has 17 heavy (non-hydrogen) atoms. The zero-order valence-electron chi connectivity index (χ0n) is 9.39. The van der Waals surface area contributed by atoms with Gasteiger partial charge in [-0.25, -0.2) is 0 Å². The number of nitrogens with zero attached hydrogens (tertiary/aromatic N) is 3. The van der Waals surface area contributed by atoms with Crippen molar-refractivity contribution in [3.05, 3.63) is 26.6 Å². The fourth-order valence-corrected chi connectivity index (χ4v) is 3.99. The van der Waals surface area contributed by atoms with Gasteiger partial charge >= 0.3 is 0 Å². The predicted molar refractivity (Wildman–Crippen MR) is 75.2 cm³/mol. The van der Waals surface area contributed by atoms with Crippen LogP contribution in [0.5, 0.6) is 0 Å². The van der Waals surface area contributed by atoms with Gasteiger partial charge in [-0.05, 0) is 28.9 Å². The summed E-state index contributed by atoms with van der Waals surface area (Å²) in [4.78, 5) is 1.32. The second kappa shape index (κ2) is 5.99. The molecule has 2 aromatic heterocycles. The molecule has 7 heteroatoms. The van der Waals surface area contributed by atoms with Gasteiger partial charge in [-0.3, -0.25) is 0 Å². The van der Waals surface area contributed by atoms with Crippen LogP contribution in [0.15, 0.2) is 21.1 Å². The van der Waals surface area contributed by atoms with E-state index in [2.05, 4.69) is 49.1 Å². The van der Waals surface area contributed by atoms with Gasteiger partial charge in [0.05, 0.1) is 6.54 Å². The molecule has 0 aromatic carbocycles. The molecule has 0 aliphatic heterocycles. The van der Waals surface area contributed by atoms with Crippen LogP contribution >= 0.6 is 39.0 Å². The summed E-state index contributed by atoms with van der Waals surface area (Å²) in [5.41, 5.74) is 5.61. The number of aromatic nitrogens is 3. The summed E-state index contributed by atoms with van der Waals surface area (Å²) >= 11 is 6.90. The van der Waals surface area contributed by atoms with Crippen LogP contribution in [-0.4, -0.2) is 14.8 Å². The summed E-state index contributed by atoms with van der Waals surface area (Å²) in [7, 11) is 0. The highest BCUT2D eigenvalue weighted by atomic mass is 79.9. The molecule has 0 amide bonds. The van der Waals surface area contributed by atoms with Crippen molar-refractivity contribution in [2.24, 2.45) is 5.73 Å². The van der Waals surface area contributed by atoms with Gasteiger partial charge in [0.2, 0.25) is 0 Å². The molecule has 0 saturated heterocycles. The Morgan fingerprint density at radius 1 is 1.53 bits per heavy atom. The molecule has 0 saturated carbocycles. The molecule has 0 unspecified atom stereocenters. The third-order valence-electron chi connectivity index (χ3n) is 2.26. The van der Waals surface area contributed by atoms with Crippen LogP contribution in [0.4, 0.5) is 0 Å². The summed E-state index contributed by atoms with van der Waals surface area (Å²) in [6, 6.07) is 2.13. The first-order valence-electron chi connectivity index (χ1n) is 5.22. The van der Waals surface area contributed by atoms with E-state index in [1.807, 2.05) is 0 Å². The number of hydrogen-bond acceptors (Lipinski definition) is 5. The maximum atomic E-state index is 5.61. The van der Waals surface area contributed by atoms with Gasteiger partial charge in [0.15, 0.2) is 5.16 Å². The summed E-state index contributed by atoms with van der Waals surface area (Å²) in [5.74, 6) is 1.77. The van der Waals surface area contributed by atoms with E-state index in [-0.39, 0.29) is 0 Å². The van der Waals surface area contributed by atoms with Crippen molar-refractivity contribution in [2.75, 3.05) is 0 Å². The lowest BCUT2D eigenvalue weighted by molar-refractivity contribution is 0.643. The van der Waals surface area contributed by atoms with Crippen molar-refractivity contribution in [1.82, 2.24) is 14.8 Å². The number of thiophene rings is 1. The topological polar surface area (TPSA) is 56.7 Å². The molecule has 0 aliphatic rings. The summed E-state index contributed by atoms with van der Waals surface area (Å²) in [6.45, 7) is 3.37. The van der Waals surface area contributed by atoms with E-state index >= 15 is 0 Å². The Balaban J connectivity index is 2.06. The van der Waals surface area contributed by atoms with E-state index in [0.717, 1.165) is 27.8 Å². The van der Waals surface area contributed by atoms with Gasteiger partial charge in [-0.15, -0.1) is 21.5 Å². The van der Waals surface area contributed by atoms with Crippen molar-refractivity contribution in [3.63, 3.8) is 0 Å². The Bertz CT molecular complexity index is 494. The van der Waals surface area contributed by atoms with Crippen LogP contribution in [0, 0.1) is 0 Å². The molecule has 0 spiro atoms. The average Bonchev–Trinajstić information content (AvgIpc) is 2.91. The Labute approximate surface area is 117 Å². The number of nitrogens with two attached hydrogens (primary N) is 1. The first-order valence-corrected chi connectivity index (χ1v) is 7.88. The molecule has 0 radical (unpaired) electrons. The van der Waals surface area contributed by atoms with Crippen molar-refractivity contribution >= 4 is 39.0 Å². The smallest absolute Gasteiger partial charge is 0.191 e. The first-order chi connectivity index (χ1) is 8.24.